The number of amides is 2. The monoisotopic (exact) mass is 399 g/mol. The molecule has 6 nitrogen and oxygen atoms in total. The topological polar surface area (TPSA) is 53.1 Å². The second kappa shape index (κ2) is 7.56. The number of rotatable bonds is 4. The zero-order valence-electron chi connectivity index (χ0n) is 16.3. The van der Waals surface area contributed by atoms with Gasteiger partial charge >= 0.3 is 0 Å². The number of benzene rings is 1. The van der Waals surface area contributed by atoms with E-state index in [1.807, 2.05) is 57.9 Å². The Morgan fingerprint density at radius 1 is 1.29 bits per heavy atom. The summed E-state index contributed by atoms with van der Waals surface area (Å²) in [5, 5.41) is 4.00. The SMILES string of the molecule is COc1cccc(CC(=O)N2CCC3(C2)CN(c2ccsc2)C(=O)CN3C)c1. The Morgan fingerprint density at radius 2 is 2.14 bits per heavy atom. The van der Waals surface area contributed by atoms with E-state index in [0.29, 0.717) is 26.1 Å². The van der Waals surface area contributed by atoms with Gasteiger partial charge in [0.2, 0.25) is 11.8 Å². The average Bonchev–Trinajstić information content (AvgIpc) is 3.36. The molecule has 148 valence electrons. The highest BCUT2D eigenvalue weighted by Gasteiger charge is 2.48. The van der Waals surface area contributed by atoms with Gasteiger partial charge in [-0.25, -0.2) is 0 Å². The van der Waals surface area contributed by atoms with Gasteiger partial charge in [-0.15, -0.1) is 0 Å². The molecule has 0 radical (unpaired) electrons. The maximum absolute atomic E-state index is 12.9. The van der Waals surface area contributed by atoms with Crippen molar-refractivity contribution in [1.82, 2.24) is 9.80 Å². The normalized spacial score (nSPS) is 22.9. The van der Waals surface area contributed by atoms with Gasteiger partial charge in [0, 0.05) is 25.0 Å². The summed E-state index contributed by atoms with van der Waals surface area (Å²) in [6.07, 6.45) is 1.24. The first-order valence-electron chi connectivity index (χ1n) is 9.45. The Labute approximate surface area is 169 Å². The summed E-state index contributed by atoms with van der Waals surface area (Å²) in [6.45, 7) is 2.38. The lowest BCUT2D eigenvalue weighted by atomic mass is 9.93. The van der Waals surface area contributed by atoms with Crippen LogP contribution in [0.3, 0.4) is 0 Å². The molecule has 7 heteroatoms. The van der Waals surface area contributed by atoms with E-state index in [-0.39, 0.29) is 17.4 Å². The number of hydrogen-bond acceptors (Lipinski definition) is 5. The number of nitrogens with zero attached hydrogens (tertiary/aromatic N) is 3. The first-order chi connectivity index (χ1) is 13.5. The molecule has 28 heavy (non-hydrogen) atoms. The van der Waals surface area contributed by atoms with Crippen LogP contribution in [0.2, 0.25) is 0 Å². The van der Waals surface area contributed by atoms with Crippen LogP contribution in [-0.2, 0) is 16.0 Å². The van der Waals surface area contributed by atoms with Gasteiger partial charge < -0.3 is 14.5 Å². The van der Waals surface area contributed by atoms with Gasteiger partial charge in [-0.2, -0.15) is 11.3 Å². The van der Waals surface area contributed by atoms with Crippen LogP contribution in [0.1, 0.15) is 12.0 Å². The van der Waals surface area contributed by atoms with E-state index in [0.717, 1.165) is 30.0 Å². The molecule has 2 fully saturated rings. The van der Waals surface area contributed by atoms with Crippen molar-refractivity contribution in [1.29, 1.82) is 0 Å². The molecule has 0 N–H and O–H groups in total. The summed E-state index contributed by atoms with van der Waals surface area (Å²) < 4.78 is 5.26. The number of likely N-dealkylation sites (tertiary alicyclic amines) is 1. The van der Waals surface area contributed by atoms with Gasteiger partial charge in [0.1, 0.15) is 5.75 Å². The molecule has 3 heterocycles. The summed E-state index contributed by atoms with van der Waals surface area (Å²) >= 11 is 1.59. The lowest BCUT2D eigenvalue weighted by Gasteiger charge is -2.46. The molecular formula is C21H25N3O3S. The van der Waals surface area contributed by atoms with E-state index in [2.05, 4.69) is 4.90 Å². The summed E-state index contributed by atoms with van der Waals surface area (Å²) in [5.41, 5.74) is 1.74. The van der Waals surface area contributed by atoms with E-state index in [9.17, 15) is 9.59 Å². The van der Waals surface area contributed by atoms with Crippen LogP contribution in [-0.4, -0.2) is 67.5 Å². The molecule has 1 aromatic heterocycles. The van der Waals surface area contributed by atoms with Crippen LogP contribution in [0, 0.1) is 0 Å². The highest BCUT2D eigenvalue weighted by molar-refractivity contribution is 7.08. The minimum absolute atomic E-state index is 0.118. The Morgan fingerprint density at radius 3 is 2.89 bits per heavy atom. The molecule has 0 saturated carbocycles. The third kappa shape index (κ3) is 3.52. The Hall–Kier alpha value is -2.38. The lowest BCUT2D eigenvalue weighted by molar-refractivity contribution is -0.130. The molecule has 2 aromatic rings. The second-order valence-electron chi connectivity index (χ2n) is 7.64. The molecule has 1 aromatic carbocycles. The third-order valence-corrected chi connectivity index (χ3v) is 6.60. The lowest BCUT2D eigenvalue weighted by Crippen LogP contribution is -2.64. The first kappa shape index (κ1) is 19.0. The van der Waals surface area contributed by atoms with E-state index >= 15 is 0 Å². The summed E-state index contributed by atoms with van der Waals surface area (Å²) in [4.78, 5) is 31.4. The van der Waals surface area contributed by atoms with Crippen LogP contribution >= 0.6 is 11.3 Å². The molecule has 2 saturated heterocycles. The van der Waals surface area contributed by atoms with E-state index in [1.165, 1.54) is 0 Å². The number of ether oxygens (including phenoxy) is 1. The highest BCUT2D eigenvalue weighted by Crippen LogP contribution is 2.34. The van der Waals surface area contributed by atoms with Gasteiger partial charge in [-0.3, -0.25) is 14.5 Å². The van der Waals surface area contributed by atoms with Crippen molar-refractivity contribution >= 4 is 28.8 Å². The fourth-order valence-corrected chi connectivity index (χ4v) is 4.83. The number of carbonyl (C=O) groups is 2. The Balaban J connectivity index is 1.47. The largest absolute Gasteiger partial charge is 0.497 e. The van der Waals surface area contributed by atoms with Gasteiger partial charge in [0.25, 0.3) is 0 Å². The van der Waals surface area contributed by atoms with Crippen molar-refractivity contribution in [2.45, 2.75) is 18.4 Å². The van der Waals surface area contributed by atoms with Gasteiger partial charge in [0.05, 0.1) is 31.3 Å². The van der Waals surface area contributed by atoms with Crippen LogP contribution in [0.5, 0.6) is 5.75 Å². The second-order valence-corrected chi connectivity index (χ2v) is 8.42. The molecule has 1 spiro atoms. The molecule has 2 aliphatic heterocycles. The van der Waals surface area contributed by atoms with Crippen molar-refractivity contribution in [2.75, 3.05) is 45.2 Å². The fourth-order valence-electron chi connectivity index (χ4n) is 4.18. The molecule has 0 bridgehead atoms. The maximum Gasteiger partial charge on any atom is 0.241 e. The number of hydrogen-bond donors (Lipinski definition) is 0. The van der Waals surface area contributed by atoms with E-state index < -0.39 is 0 Å². The van der Waals surface area contributed by atoms with Gasteiger partial charge in [-0.1, -0.05) is 12.1 Å². The molecule has 2 amide bonds. The standard InChI is InChI=1S/C21H25N3O3S/c1-22-12-20(26)24(17-6-9-28-13-17)15-21(22)7-8-23(14-21)19(25)11-16-4-3-5-18(10-16)27-2/h3-6,9-10,13H,7-8,11-12,14-15H2,1-2H3. The molecule has 1 atom stereocenters. The van der Waals surface area contributed by atoms with E-state index in [4.69, 9.17) is 4.74 Å². The predicted octanol–water partition coefficient (Wildman–Crippen LogP) is 2.25. The zero-order chi connectivity index (χ0) is 19.7. The van der Waals surface area contributed by atoms with Crippen molar-refractivity contribution in [3.63, 3.8) is 0 Å². The van der Waals surface area contributed by atoms with Crippen molar-refractivity contribution < 1.29 is 14.3 Å². The number of likely N-dealkylation sites (N-methyl/N-ethyl adjacent to an activating group) is 1. The van der Waals surface area contributed by atoms with Gasteiger partial charge in [-0.05, 0) is 42.6 Å². The van der Waals surface area contributed by atoms with Crippen LogP contribution in [0.4, 0.5) is 5.69 Å². The molecule has 2 aliphatic rings. The summed E-state index contributed by atoms with van der Waals surface area (Å²) in [5.74, 6) is 1.00. The number of methoxy groups -OCH3 is 1. The fraction of sp³-hybridized carbons (Fsp3) is 0.429. The van der Waals surface area contributed by atoms with Crippen molar-refractivity contribution in [3.8, 4) is 5.75 Å². The maximum atomic E-state index is 12.9. The number of piperazine rings is 1. The van der Waals surface area contributed by atoms with E-state index in [1.54, 1.807) is 18.4 Å². The minimum atomic E-state index is -0.181. The average molecular weight is 400 g/mol. The number of carbonyl (C=O) groups excluding carboxylic acids is 2. The summed E-state index contributed by atoms with van der Waals surface area (Å²) in [7, 11) is 3.63. The van der Waals surface area contributed by atoms with Crippen LogP contribution in [0.15, 0.2) is 41.1 Å². The predicted molar refractivity (Wildman–Crippen MR) is 110 cm³/mol. The van der Waals surface area contributed by atoms with Crippen molar-refractivity contribution in [2.24, 2.45) is 0 Å². The van der Waals surface area contributed by atoms with Crippen LogP contribution in [0.25, 0.3) is 0 Å². The molecule has 4 rings (SSSR count). The highest BCUT2D eigenvalue weighted by atomic mass is 32.1. The molecule has 0 aliphatic carbocycles. The summed E-state index contributed by atoms with van der Waals surface area (Å²) in [6, 6.07) is 9.64. The Bertz CT molecular complexity index is 870. The third-order valence-electron chi connectivity index (χ3n) is 5.93. The number of anilines is 1. The minimum Gasteiger partial charge on any atom is -0.497 e. The quantitative estimate of drug-likeness (QED) is 0.791. The first-order valence-corrected chi connectivity index (χ1v) is 10.4. The van der Waals surface area contributed by atoms with Gasteiger partial charge in [0.15, 0.2) is 0 Å². The number of thiophene rings is 1. The van der Waals surface area contributed by atoms with Crippen LogP contribution < -0.4 is 9.64 Å². The smallest absolute Gasteiger partial charge is 0.241 e. The molecular weight excluding hydrogens is 374 g/mol. The van der Waals surface area contributed by atoms with Crippen molar-refractivity contribution in [3.05, 3.63) is 46.7 Å². The Kier molecular flexibility index (Phi) is 5.12. The zero-order valence-corrected chi connectivity index (χ0v) is 17.1. The molecule has 1 unspecified atom stereocenters.